The predicted octanol–water partition coefficient (Wildman–Crippen LogP) is 2.26. The van der Waals surface area contributed by atoms with Crippen molar-refractivity contribution in [2.75, 3.05) is 37.7 Å². The van der Waals surface area contributed by atoms with Crippen molar-refractivity contribution in [3.05, 3.63) is 36.0 Å². The molecule has 0 aliphatic carbocycles. The summed E-state index contributed by atoms with van der Waals surface area (Å²) < 4.78 is 5.71. The van der Waals surface area contributed by atoms with Crippen LogP contribution in [0, 0.1) is 6.92 Å². The molecule has 0 bridgehead atoms. The van der Waals surface area contributed by atoms with Crippen LogP contribution in [-0.4, -0.2) is 42.8 Å². The van der Waals surface area contributed by atoms with Crippen LogP contribution in [0.1, 0.15) is 12.6 Å². The average Bonchev–Trinajstić information content (AvgIpc) is 2.56. The molecule has 1 aliphatic heterocycles. The van der Waals surface area contributed by atoms with Crippen molar-refractivity contribution < 1.29 is 4.74 Å². The summed E-state index contributed by atoms with van der Waals surface area (Å²) in [6.07, 6.45) is 0. The molecule has 2 heterocycles. The zero-order chi connectivity index (χ0) is 15.4. The van der Waals surface area contributed by atoms with Gasteiger partial charge in [0.05, 0.1) is 12.2 Å². The highest BCUT2D eigenvalue weighted by atomic mass is 16.5. The lowest BCUT2D eigenvalue weighted by molar-refractivity contribution is 0.341. The van der Waals surface area contributed by atoms with Crippen molar-refractivity contribution in [1.29, 1.82) is 0 Å². The number of hydrogen-bond acceptors (Lipinski definition) is 5. The summed E-state index contributed by atoms with van der Waals surface area (Å²) in [5.41, 5.74) is 1.93. The minimum absolute atomic E-state index is 0.632. The van der Waals surface area contributed by atoms with Crippen LogP contribution < -0.4 is 15.0 Å². The highest BCUT2D eigenvalue weighted by Gasteiger charge is 2.15. The van der Waals surface area contributed by atoms with Gasteiger partial charge < -0.3 is 15.0 Å². The molecule has 1 aliphatic rings. The van der Waals surface area contributed by atoms with Crippen LogP contribution in [0.25, 0.3) is 11.4 Å². The Morgan fingerprint density at radius 3 is 2.73 bits per heavy atom. The summed E-state index contributed by atoms with van der Waals surface area (Å²) in [4.78, 5) is 11.7. The van der Waals surface area contributed by atoms with Gasteiger partial charge in [-0.25, -0.2) is 9.97 Å². The molecule has 1 saturated heterocycles. The summed E-state index contributed by atoms with van der Waals surface area (Å²) in [5.74, 6) is 2.56. The fraction of sp³-hybridized carbons (Fsp3) is 0.412. The quantitative estimate of drug-likeness (QED) is 0.938. The van der Waals surface area contributed by atoms with Gasteiger partial charge in [-0.05, 0) is 26.0 Å². The van der Waals surface area contributed by atoms with E-state index in [1.54, 1.807) is 0 Å². The highest BCUT2D eigenvalue weighted by molar-refractivity contribution is 5.65. The van der Waals surface area contributed by atoms with Gasteiger partial charge in [0.2, 0.25) is 0 Å². The third-order valence-electron chi connectivity index (χ3n) is 3.71. The Morgan fingerprint density at radius 2 is 1.95 bits per heavy atom. The number of para-hydroxylation sites is 1. The average molecular weight is 298 g/mol. The first-order chi connectivity index (χ1) is 10.8. The molecule has 5 nitrogen and oxygen atoms in total. The Hall–Kier alpha value is -2.14. The van der Waals surface area contributed by atoms with Gasteiger partial charge in [0, 0.05) is 37.9 Å². The first-order valence-electron chi connectivity index (χ1n) is 7.81. The molecule has 0 saturated carbocycles. The third-order valence-corrected chi connectivity index (χ3v) is 3.71. The van der Waals surface area contributed by atoms with E-state index in [0.717, 1.165) is 54.8 Å². The maximum absolute atomic E-state index is 5.71. The molecular weight excluding hydrogens is 276 g/mol. The van der Waals surface area contributed by atoms with E-state index in [1.165, 1.54) is 0 Å². The predicted molar refractivity (Wildman–Crippen MR) is 88.5 cm³/mol. The molecule has 1 aromatic heterocycles. The number of aryl methyl sites for hydroxylation is 1. The molecule has 0 unspecified atom stereocenters. The summed E-state index contributed by atoms with van der Waals surface area (Å²) in [5, 5.41) is 3.37. The van der Waals surface area contributed by atoms with Crippen molar-refractivity contribution in [3.63, 3.8) is 0 Å². The molecule has 0 atom stereocenters. The molecule has 1 fully saturated rings. The first kappa shape index (κ1) is 14.8. The zero-order valence-electron chi connectivity index (χ0n) is 13.2. The normalized spacial score (nSPS) is 14.9. The Balaban J connectivity index is 1.99. The largest absolute Gasteiger partial charge is 0.493 e. The lowest BCUT2D eigenvalue weighted by atomic mass is 10.2. The van der Waals surface area contributed by atoms with Gasteiger partial charge in [0.15, 0.2) is 5.82 Å². The number of hydrogen-bond donors (Lipinski definition) is 1. The zero-order valence-corrected chi connectivity index (χ0v) is 13.2. The Morgan fingerprint density at radius 1 is 1.18 bits per heavy atom. The van der Waals surface area contributed by atoms with Gasteiger partial charge in [0.25, 0.3) is 0 Å². The maximum atomic E-state index is 5.71. The number of rotatable bonds is 4. The van der Waals surface area contributed by atoms with E-state index in [4.69, 9.17) is 9.72 Å². The van der Waals surface area contributed by atoms with Crippen molar-refractivity contribution in [3.8, 4) is 17.1 Å². The molecule has 2 aromatic rings. The molecule has 1 aromatic carbocycles. The van der Waals surface area contributed by atoms with Crippen LogP contribution in [0.2, 0.25) is 0 Å². The van der Waals surface area contributed by atoms with Gasteiger partial charge in [-0.2, -0.15) is 0 Å². The molecule has 3 rings (SSSR count). The van der Waals surface area contributed by atoms with E-state index in [0.29, 0.717) is 6.61 Å². The van der Waals surface area contributed by atoms with Gasteiger partial charge in [0.1, 0.15) is 11.6 Å². The second-order valence-electron chi connectivity index (χ2n) is 5.36. The van der Waals surface area contributed by atoms with E-state index >= 15 is 0 Å². The number of benzene rings is 1. The number of aromatic nitrogens is 2. The smallest absolute Gasteiger partial charge is 0.165 e. The van der Waals surface area contributed by atoms with E-state index in [9.17, 15) is 0 Å². The van der Waals surface area contributed by atoms with Crippen molar-refractivity contribution >= 4 is 5.82 Å². The summed E-state index contributed by atoms with van der Waals surface area (Å²) in [7, 11) is 0. The van der Waals surface area contributed by atoms with Crippen LogP contribution in [0.5, 0.6) is 5.75 Å². The summed E-state index contributed by atoms with van der Waals surface area (Å²) in [6, 6.07) is 10.0. The molecule has 5 heteroatoms. The van der Waals surface area contributed by atoms with Gasteiger partial charge in [-0.15, -0.1) is 0 Å². The van der Waals surface area contributed by atoms with Crippen LogP contribution in [0.3, 0.4) is 0 Å². The fourth-order valence-electron chi connectivity index (χ4n) is 2.66. The second-order valence-corrected chi connectivity index (χ2v) is 5.36. The minimum Gasteiger partial charge on any atom is -0.493 e. The molecule has 116 valence electrons. The van der Waals surface area contributed by atoms with Crippen LogP contribution in [0.4, 0.5) is 5.82 Å². The lowest BCUT2D eigenvalue weighted by Crippen LogP contribution is -2.44. The minimum atomic E-state index is 0.632. The number of nitrogens with one attached hydrogen (secondary N) is 1. The maximum Gasteiger partial charge on any atom is 0.165 e. The molecule has 0 radical (unpaired) electrons. The standard InChI is InChI=1S/C17H22N4O/c1-3-22-15-7-5-4-6-14(15)17-19-13(2)12-16(20-17)21-10-8-18-9-11-21/h4-7,12,18H,3,8-11H2,1-2H3. The molecule has 1 N–H and O–H groups in total. The second kappa shape index (κ2) is 6.75. The van der Waals surface area contributed by atoms with Crippen molar-refractivity contribution in [2.45, 2.75) is 13.8 Å². The van der Waals surface area contributed by atoms with E-state index < -0.39 is 0 Å². The molecule has 22 heavy (non-hydrogen) atoms. The number of ether oxygens (including phenoxy) is 1. The summed E-state index contributed by atoms with van der Waals surface area (Å²) >= 11 is 0. The molecular formula is C17H22N4O. The van der Waals surface area contributed by atoms with Crippen molar-refractivity contribution in [2.24, 2.45) is 0 Å². The van der Waals surface area contributed by atoms with Gasteiger partial charge >= 0.3 is 0 Å². The van der Waals surface area contributed by atoms with Crippen LogP contribution >= 0.6 is 0 Å². The van der Waals surface area contributed by atoms with Crippen LogP contribution in [0.15, 0.2) is 30.3 Å². The third kappa shape index (κ3) is 3.20. The van der Waals surface area contributed by atoms with E-state index in [1.807, 2.05) is 38.1 Å². The monoisotopic (exact) mass is 298 g/mol. The Bertz CT molecular complexity index is 638. The SMILES string of the molecule is CCOc1ccccc1-c1nc(C)cc(N2CCNCC2)n1. The number of anilines is 1. The summed E-state index contributed by atoms with van der Waals surface area (Å²) in [6.45, 7) is 8.57. The fourth-order valence-corrected chi connectivity index (χ4v) is 2.66. The van der Waals surface area contributed by atoms with Gasteiger partial charge in [-0.1, -0.05) is 12.1 Å². The van der Waals surface area contributed by atoms with Crippen LogP contribution in [-0.2, 0) is 0 Å². The van der Waals surface area contributed by atoms with E-state index in [-0.39, 0.29) is 0 Å². The first-order valence-corrected chi connectivity index (χ1v) is 7.81. The Kier molecular flexibility index (Phi) is 4.53. The van der Waals surface area contributed by atoms with E-state index in [2.05, 4.69) is 21.3 Å². The Labute approximate surface area is 131 Å². The molecule has 0 amide bonds. The topological polar surface area (TPSA) is 50.3 Å². The van der Waals surface area contributed by atoms with Crippen molar-refractivity contribution in [1.82, 2.24) is 15.3 Å². The lowest BCUT2D eigenvalue weighted by Gasteiger charge is -2.28. The molecule has 0 spiro atoms. The number of nitrogens with zero attached hydrogens (tertiary/aromatic N) is 3. The highest BCUT2D eigenvalue weighted by Crippen LogP contribution is 2.29. The number of piperazine rings is 1. The van der Waals surface area contributed by atoms with Gasteiger partial charge in [-0.3, -0.25) is 0 Å².